The maximum atomic E-state index is 12.1. The molecule has 4 heteroatoms. The molecule has 0 spiro atoms. The van der Waals surface area contributed by atoms with E-state index in [9.17, 15) is 4.79 Å². The second kappa shape index (κ2) is 5.36. The average molecular weight is 241 g/mol. The first-order chi connectivity index (χ1) is 8.15. The fourth-order valence-corrected chi connectivity index (χ4v) is 2.88. The molecule has 0 saturated carbocycles. The van der Waals surface area contributed by atoms with Crippen LogP contribution in [0.1, 0.15) is 33.6 Å². The van der Waals surface area contributed by atoms with E-state index in [4.69, 9.17) is 9.47 Å². The van der Waals surface area contributed by atoms with Crippen LogP contribution in [0.15, 0.2) is 0 Å². The molecule has 0 radical (unpaired) electrons. The third-order valence-corrected chi connectivity index (χ3v) is 3.68. The minimum absolute atomic E-state index is 0.0693. The Balaban J connectivity index is 2.06. The van der Waals surface area contributed by atoms with Gasteiger partial charge in [0.1, 0.15) is 6.10 Å². The number of likely N-dealkylation sites (tertiary alicyclic amines) is 1. The monoisotopic (exact) mass is 241 g/mol. The zero-order valence-electron chi connectivity index (χ0n) is 11.0. The Bertz CT molecular complexity index is 280. The zero-order chi connectivity index (χ0) is 12.4. The summed E-state index contributed by atoms with van der Waals surface area (Å²) in [6, 6.07) is 0.232. The van der Waals surface area contributed by atoms with Gasteiger partial charge >= 0.3 is 0 Å². The number of ether oxygens (including phenoxy) is 2. The summed E-state index contributed by atoms with van der Waals surface area (Å²) in [5.74, 6) is 0.320. The summed E-state index contributed by atoms with van der Waals surface area (Å²) in [5, 5.41) is 0. The lowest BCUT2D eigenvalue weighted by molar-refractivity contribution is -0.148. The molecule has 0 bridgehead atoms. The summed E-state index contributed by atoms with van der Waals surface area (Å²) in [7, 11) is 0. The van der Waals surface area contributed by atoms with Crippen LogP contribution in [-0.2, 0) is 14.3 Å². The fraction of sp³-hybridized carbons (Fsp3) is 0.923. The van der Waals surface area contributed by atoms with Crippen LogP contribution >= 0.6 is 0 Å². The van der Waals surface area contributed by atoms with Gasteiger partial charge in [0.2, 0.25) is 5.91 Å². The smallest absolute Gasteiger partial charge is 0.225 e. The molecule has 1 amide bonds. The quantitative estimate of drug-likeness (QED) is 0.750. The second-order valence-electron chi connectivity index (χ2n) is 5.16. The highest BCUT2D eigenvalue weighted by molar-refractivity contribution is 5.78. The van der Waals surface area contributed by atoms with Gasteiger partial charge in [0.25, 0.3) is 0 Å². The van der Waals surface area contributed by atoms with Crippen LogP contribution in [0, 0.1) is 5.92 Å². The van der Waals surface area contributed by atoms with Gasteiger partial charge in [-0.05, 0) is 19.8 Å². The van der Waals surface area contributed by atoms with Crippen molar-refractivity contribution < 1.29 is 14.3 Å². The maximum absolute atomic E-state index is 12.1. The summed E-state index contributed by atoms with van der Waals surface area (Å²) in [6.45, 7) is 8.21. The van der Waals surface area contributed by atoms with E-state index in [0.29, 0.717) is 0 Å². The molecule has 17 heavy (non-hydrogen) atoms. The highest BCUT2D eigenvalue weighted by atomic mass is 16.5. The molecule has 2 aliphatic heterocycles. The van der Waals surface area contributed by atoms with E-state index in [2.05, 4.69) is 0 Å². The summed E-state index contributed by atoms with van der Waals surface area (Å²) < 4.78 is 11.5. The van der Waals surface area contributed by atoms with Gasteiger partial charge in [-0.2, -0.15) is 0 Å². The summed E-state index contributed by atoms with van der Waals surface area (Å²) >= 11 is 0. The molecule has 0 N–H and O–H groups in total. The molecule has 98 valence electrons. The first kappa shape index (κ1) is 12.8. The van der Waals surface area contributed by atoms with Crippen LogP contribution in [0.3, 0.4) is 0 Å². The molecular formula is C13H23NO3. The van der Waals surface area contributed by atoms with Crippen LogP contribution in [0.5, 0.6) is 0 Å². The largest absolute Gasteiger partial charge is 0.376 e. The van der Waals surface area contributed by atoms with Crippen molar-refractivity contribution in [2.24, 2.45) is 5.92 Å². The highest BCUT2D eigenvalue weighted by Crippen LogP contribution is 2.31. The van der Waals surface area contributed by atoms with Crippen molar-refractivity contribution in [2.45, 2.75) is 51.9 Å². The number of hydrogen-bond donors (Lipinski definition) is 0. The minimum Gasteiger partial charge on any atom is -0.376 e. The number of amides is 1. The van der Waals surface area contributed by atoms with Crippen LogP contribution in [0.2, 0.25) is 0 Å². The van der Waals surface area contributed by atoms with E-state index in [1.807, 2.05) is 25.7 Å². The average Bonchev–Trinajstić information content (AvgIpc) is 2.78. The normalized spacial score (nSPS) is 32.9. The van der Waals surface area contributed by atoms with E-state index in [-0.39, 0.29) is 30.1 Å². The van der Waals surface area contributed by atoms with E-state index >= 15 is 0 Å². The van der Waals surface area contributed by atoms with Gasteiger partial charge in [0.15, 0.2) is 0 Å². The van der Waals surface area contributed by atoms with Crippen molar-refractivity contribution in [3.63, 3.8) is 0 Å². The van der Waals surface area contributed by atoms with E-state index in [1.54, 1.807) is 0 Å². The Morgan fingerprint density at radius 2 is 2.24 bits per heavy atom. The zero-order valence-corrected chi connectivity index (χ0v) is 11.0. The molecule has 3 atom stereocenters. The van der Waals surface area contributed by atoms with Crippen LogP contribution in [0.25, 0.3) is 0 Å². The summed E-state index contributed by atoms with van der Waals surface area (Å²) in [5.41, 5.74) is 0. The van der Waals surface area contributed by atoms with Gasteiger partial charge in [0, 0.05) is 25.7 Å². The SMILES string of the molecule is CCO[C@@H]1CCN(C(=O)C(C)C)[C@@H]2CCO[C@H]21. The van der Waals surface area contributed by atoms with Gasteiger partial charge in [0.05, 0.1) is 12.1 Å². The van der Waals surface area contributed by atoms with Crippen molar-refractivity contribution in [3.05, 3.63) is 0 Å². The highest BCUT2D eigenvalue weighted by Gasteiger charge is 2.44. The van der Waals surface area contributed by atoms with Crippen molar-refractivity contribution in [1.29, 1.82) is 0 Å². The van der Waals surface area contributed by atoms with E-state index < -0.39 is 0 Å². The lowest BCUT2D eigenvalue weighted by Gasteiger charge is -2.41. The summed E-state index contributed by atoms with van der Waals surface area (Å²) in [6.07, 6.45) is 2.11. The molecule has 0 aromatic rings. The predicted octanol–water partition coefficient (Wildman–Crippen LogP) is 1.44. The Kier molecular flexibility index (Phi) is 4.05. The van der Waals surface area contributed by atoms with Crippen molar-refractivity contribution in [2.75, 3.05) is 19.8 Å². The third-order valence-electron chi connectivity index (χ3n) is 3.68. The topological polar surface area (TPSA) is 38.8 Å². The Morgan fingerprint density at radius 3 is 2.88 bits per heavy atom. The minimum atomic E-state index is 0.0693. The van der Waals surface area contributed by atoms with Gasteiger partial charge < -0.3 is 14.4 Å². The molecule has 2 heterocycles. The van der Waals surface area contributed by atoms with E-state index in [0.717, 1.165) is 32.6 Å². The van der Waals surface area contributed by atoms with Crippen molar-refractivity contribution in [1.82, 2.24) is 4.90 Å². The Labute approximate surface area is 103 Å². The standard InChI is InChI=1S/C13H23NO3/c1-4-16-11-5-7-14(13(15)9(2)3)10-6-8-17-12(10)11/h9-12H,4-8H2,1-3H3/t10-,11-,12-/m1/s1. The van der Waals surface area contributed by atoms with E-state index in [1.165, 1.54) is 0 Å². The molecular weight excluding hydrogens is 218 g/mol. The number of carbonyl (C=O) groups excluding carboxylic acids is 1. The number of rotatable bonds is 3. The Hall–Kier alpha value is -0.610. The molecule has 2 rings (SSSR count). The van der Waals surface area contributed by atoms with Gasteiger partial charge in [-0.1, -0.05) is 13.8 Å². The van der Waals surface area contributed by atoms with Crippen molar-refractivity contribution in [3.8, 4) is 0 Å². The number of fused-ring (bicyclic) bond motifs is 1. The molecule has 2 fully saturated rings. The molecule has 0 aliphatic carbocycles. The van der Waals surface area contributed by atoms with Crippen LogP contribution < -0.4 is 0 Å². The third kappa shape index (κ3) is 2.47. The molecule has 4 nitrogen and oxygen atoms in total. The van der Waals surface area contributed by atoms with Crippen LogP contribution in [-0.4, -0.2) is 48.8 Å². The van der Waals surface area contributed by atoms with Crippen molar-refractivity contribution >= 4 is 5.91 Å². The lowest BCUT2D eigenvalue weighted by atomic mass is 9.94. The first-order valence-corrected chi connectivity index (χ1v) is 6.68. The second-order valence-corrected chi connectivity index (χ2v) is 5.16. The van der Waals surface area contributed by atoms with Gasteiger partial charge in [-0.25, -0.2) is 0 Å². The lowest BCUT2D eigenvalue weighted by Crippen LogP contribution is -2.56. The summed E-state index contributed by atoms with van der Waals surface area (Å²) in [4.78, 5) is 14.1. The van der Waals surface area contributed by atoms with Gasteiger partial charge in [-0.15, -0.1) is 0 Å². The number of nitrogens with zero attached hydrogens (tertiary/aromatic N) is 1. The number of piperidine rings is 1. The number of carbonyl (C=O) groups is 1. The molecule has 0 aromatic heterocycles. The number of hydrogen-bond acceptors (Lipinski definition) is 3. The van der Waals surface area contributed by atoms with Gasteiger partial charge in [-0.3, -0.25) is 4.79 Å². The molecule has 2 saturated heterocycles. The molecule has 0 unspecified atom stereocenters. The molecule has 2 aliphatic rings. The molecule has 0 aromatic carbocycles. The Morgan fingerprint density at radius 1 is 1.47 bits per heavy atom. The van der Waals surface area contributed by atoms with Crippen LogP contribution in [0.4, 0.5) is 0 Å². The fourth-order valence-electron chi connectivity index (χ4n) is 2.88. The predicted molar refractivity (Wildman–Crippen MR) is 64.7 cm³/mol. The first-order valence-electron chi connectivity index (χ1n) is 6.68. The maximum Gasteiger partial charge on any atom is 0.225 e.